The van der Waals surface area contributed by atoms with Crippen LogP contribution in [0.2, 0.25) is 5.02 Å². The van der Waals surface area contributed by atoms with E-state index in [2.05, 4.69) is 17.3 Å². The number of halogens is 1. The van der Waals surface area contributed by atoms with E-state index in [4.69, 9.17) is 22.2 Å². The Labute approximate surface area is 127 Å². The van der Waals surface area contributed by atoms with Crippen LogP contribution >= 0.6 is 22.9 Å². The lowest BCUT2D eigenvalue weighted by Gasteiger charge is -2.16. The van der Waals surface area contributed by atoms with Crippen molar-refractivity contribution in [2.45, 2.75) is 26.3 Å². The maximum absolute atomic E-state index is 6.32. The van der Waals surface area contributed by atoms with Crippen LogP contribution in [0.5, 0.6) is 5.75 Å². The van der Waals surface area contributed by atoms with Crippen molar-refractivity contribution in [2.75, 3.05) is 6.61 Å². The molecule has 2 aromatic rings. The van der Waals surface area contributed by atoms with Gasteiger partial charge in [0.1, 0.15) is 5.75 Å². The summed E-state index contributed by atoms with van der Waals surface area (Å²) in [5, 5.41) is 2.77. The highest BCUT2D eigenvalue weighted by molar-refractivity contribution is 7.10. The maximum atomic E-state index is 6.32. The second kappa shape index (κ2) is 7.04. The Hall–Kier alpha value is -1.14. The minimum Gasteiger partial charge on any atom is -0.492 e. The van der Waals surface area contributed by atoms with Gasteiger partial charge in [-0.15, -0.1) is 11.3 Å². The fourth-order valence-corrected chi connectivity index (χ4v) is 3.25. The SMILES string of the molecule is CCCOc1cncc(C(NN)c2scc(C)c2Cl)c1. The number of aromatic nitrogens is 1. The van der Waals surface area contributed by atoms with Crippen LogP contribution in [0.1, 0.15) is 35.4 Å². The number of thiophene rings is 1. The number of hydrogen-bond acceptors (Lipinski definition) is 5. The molecule has 1 unspecified atom stereocenters. The number of pyridine rings is 1. The lowest BCUT2D eigenvalue weighted by molar-refractivity contribution is 0.315. The third-order valence-electron chi connectivity index (χ3n) is 2.89. The molecule has 0 spiro atoms. The largest absolute Gasteiger partial charge is 0.492 e. The summed E-state index contributed by atoms with van der Waals surface area (Å²) < 4.78 is 5.60. The molecule has 0 aliphatic carbocycles. The molecule has 0 aromatic carbocycles. The van der Waals surface area contributed by atoms with Crippen LogP contribution in [0.4, 0.5) is 0 Å². The summed E-state index contributed by atoms with van der Waals surface area (Å²) in [5.41, 5.74) is 4.79. The van der Waals surface area contributed by atoms with Gasteiger partial charge >= 0.3 is 0 Å². The summed E-state index contributed by atoms with van der Waals surface area (Å²) in [6.07, 6.45) is 4.43. The molecule has 0 saturated heterocycles. The Bertz CT molecular complexity index is 573. The van der Waals surface area contributed by atoms with E-state index in [1.165, 1.54) is 0 Å². The van der Waals surface area contributed by atoms with Gasteiger partial charge in [0, 0.05) is 11.1 Å². The van der Waals surface area contributed by atoms with Crippen molar-refractivity contribution in [2.24, 2.45) is 5.84 Å². The molecule has 0 aliphatic rings. The smallest absolute Gasteiger partial charge is 0.137 e. The summed E-state index contributed by atoms with van der Waals surface area (Å²) in [4.78, 5) is 5.20. The molecule has 2 rings (SSSR count). The van der Waals surface area contributed by atoms with E-state index in [0.29, 0.717) is 6.61 Å². The van der Waals surface area contributed by atoms with Crippen LogP contribution in [0.3, 0.4) is 0 Å². The van der Waals surface area contributed by atoms with E-state index in [1.807, 2.05) is 18.4 Å². The summed E-state index contributed by atoms with van der Waals surface area (Å²) in [6, 6.07) is 1.76. The van der Waals surface area contributed by atoms with Gasteiger partial charge in [-0.25, -0.2) is 5.43 Å². The van der Waals surface area contributed by atoms with Gasteiger partial charge in [0.15, 0.2) is 0 Å². The highest BCUT2D eigenvalue weighted by Crippen LogP contribution is 2.35. The molecule has 0 aliphatic heterocycles. The molecule has 4 nitrogen and oxygen atoms in total. The molecule has 20 heavy (non-hydrogen) atoms. The van der Waals surface area contributed by atoms with Gasteiger partial charge in [-0.1, -0.05) is 18.5 Å². The lowest BCUT2D eigenvalue weighted by atomic mass is 10.1. The van der Waals surface area contributed by atoms with Gasteiger partial charge in [0.05, 0.1) is 23.9 Å². The summed E-state index contributed by atoms with van der Waals surface area (Å²) in [6.45, 7) is 4.72. The number of nitrogens with zero attached hydrogens (tertiary/aromatic N) is 1. The van der Waals surface area contributed by atoms with Crippen LogP contribution in [-0.2, 0) is 0 Å². The summed E-state index contributed by atoms with van der Waals surface area (Å²) in [7, 11) is 0. The number of nitrogens with one attached hydrogen (secondary N) is 1. The average Bonchev–Trinajstić information content (AvgIpc) is 2.79. The third-order valence-corrected chi connectivity index (χ3v) is 4.67. The Balaban J connectivity index is 2.30. The average molecular weight is 312 g/mol. The number of hydrazine groups is 1. The molecule has 0 bridgehead atoms. The Morgan fingerprint density at radius 1 is 1.50 bits per heavy atom. The zero-order chi connectivity index (χ0) is 14.5. The molecule has 108 valence electrons. The van der Waals surface area contributed by atoms with Crippen molar-refractivity contribution < 1.29 is 4.74 Å². The van der Waals surface area contributed by atoms with Crippen molar-refractivity contribution in [3.63, 3.8) is 0 Å². The highest BCUT2D eigenvalue weighted by Gasteiger charge is 2.19. The topological polar surface area (TPSA) is 60.2 Å². The Morgan fingerprint density at radius 3 is 2.90 bits per heavy atom. The van der Waals surface area contributed by atoms with Crippen LogP contribution in [0, 0.1) is 6.92 Å². The first kappa shape index (κ1) is 15.3. The lowest BCUT2D eigenvalue weighted by Crippen LogP contribution is -2.28. The van der Waals surface area contributed by atoms with Gasteiger partial charge in [0.2, 0.25) is 0 Å². The number of nitrogens with two attached hydrogens (primary N) is 1. The monoisotopic (exact) mass is 311 g/mol. The molecular weight excluding hydrogens is 294 g/mol. The second-order valence-corrected chi connectivity index (χ2v) is 5.79. The van der Waals surface area contributed by atoms with Gasteiger partial charge in [-0.05, 0) is 35.9 Å². The Morgan fingerprint density at radius 2 is 2.30 bits per heavy atom. The van der Waals surface area contributed by atoms with E-state index in [0.717, 1.165) is 33.2 Å². The van der Waals surface area contributed by atoms with Crippen molar-refractivity contribution >= 4 is 22.9 Å². The molecule has 0 amide bonds. The molecule has 3 N–H and O–H groups in total. The van der Waals surface area contributed by atoms with Crippen molar-refractivity contribution in [1.82, 2.24) is 10.4 Å². The van der Waals surface area contributed by atoms with Gasteiger partial charge in [-0.3, -0.25) is 10.8 Å². The van der Waals surface area contributed by atoms with Crippen LogP contribution < -0.4 is 16.0 Å². The molecule has 0 fully saturated rings. The van der Waals surface area contributed by atoms with E-state index < -0.39 is 0 Å². The number of aryl methyl sites for hydroxylation is 1. The van der Waals surface area contributed by atoms with E-state index in [1.54, 1.807) is 23.7 Å². The molecule has 1 atom stereocenters. The van der Waals surface area contributed by atoms with E-state index in [-0.39, 0.29) is 6.04 Å². The first-order valence-corrected chi connectivity index (χ1v) is 7.70. The standard InChI is InChI=1S/C14H18ClN3OS/c1-3-4-19-11-5-10(6-17-7-11)13(18-16)14-12(15)9(2)8-20-14/h5-8,13,18H,3-4,16H2,1-2H3. The predicted molar refractivity (Wildman–Crippen MR) is 83.3 cm³/mol. The zero-order valence-electron chi connectivity index (χ0n) is 11.5. The van der Waals surface area contributed by atoms with Crippen LogP contribution in [-0.4, -0.2) is 11.6 Å². The molecule has 0 radical (unpaired) electrons. The van der Waals surface area contributed by atoms with Gasteiger partial charge in [-0.2, -0.15) is 0 Å². The van der Waals surface area contributed by atoms with Crippen LogP contribution in [0.25, 0.3) is 0 Å². The van der Waals surface area contributed by atoms with E-state index >= 15 is 0 Å². The first-order chi connectivity index (χ1) is 9.67. The van der Waals surface area contributed by atoms with Gasteiger partial charge in [0.25, 0.3) is 0 Å². The number of hydrogen-bond donors (Lipinski definition) is 2. The summed E-state index contributed by atoms with van der Waals surface area (Å²) in [5.74, 6) is 6.44. The molecular formula is C14H18ClN3OS. The first-order valence-electron chi connectivity index (χ1n) is 6.44. The van der Waals surface area contributed by atoms with Crippen molar-refractivity contribution in [3.8, 4) is 5.75 Å². The maximum Gasteiger partial charge on any atom is 0.137 e. The van der Waals surface area contributed by atoms with Gasteiger partial charge < -0.3 is 4.74 Å². The Kier molecular flexibility index (Phi) is 5.37. The molecule has 2 heterocycles. The second-order valence-electron chi connectivity index (χ2n) is 4.50. The normalized spacial score (nSPS) is 12.4. The number of rotatable bonds is 6. The van der Waals surface area contributed by atoms with Crippen LogP contribution in [0.15, 0.2) is 23.8 Å². The fourth-order valence-electron chi connectivity index (χ4n) is 1.86. The minimum absolute atomic E-state index is 0.182. The highest BCUT2D eigenvalue weighted by atomic mass is 35.5. The van der Waals surface area contributed by atoms with Crippen molar-refractivity contribution in [3.05, 3.63) is 44.9 Å². The quantitative estimate of drug-likeness (QED) is 0.633. The fraction of sp³-hybridized carbons (Fsp3) is 0.357. The predicted octanol–water partition coefficient (Wildman–Crippen LogP) is 3.45. The number of ether oxygens (including phenoxy) is 1. The van der Waals surface area contributed by atoms with Crippen molar-refractivity contribution in [1.29, 1.82) is 0 Å². The minimum atomic E-state index is -0.182. The zero-order valence-corrected chi connectivity index (χ0v) is 13.1. The third kappa shape index (κ3) is 3.30. The summed E-state index contributed by atoms with van der Waals surface area (Å²) >= 11 is 7.90. The molecule has 2 aromatic heterocycles. The molecule has 6 heteroatoms. The molecule has 0 saturated carbocycles. The van der Waals surface area contributed by atoms with E-state index in [9.17, 15) is 0 Å².